The summed E-state index contributed by atoms with van der Waals surface area (Å²) >= 11 is 0. The van der Waals surface area contributed by atoms with Gasteiger partial charge in [0.25, 0.3) is 0 Å². The first kappa shape index (κ1) is 28.8. The van der Waals surface area contributed by atoms with Gasteiger partial charge >= 0.3 is 0 Å². The van der Waals surface area contributed by atoms with E-state index in [2.05, 4.69) is 86.8 Å². The SMILES string of the molecule is [C-]#[N+]c1cc(-n2c3ccccc3c3ccccc32)c(C#N)cc1-c1cccc(-c2ccccc2-n2c3ccccc3c3cc(C#N)ccc32)c1. The third-order valence-electron chi connectivity index (χ3n) is 9.61. The van der Waals surface area contributed by atoms with Crippen molar-refractivity contribution < 1.29 is 0 Å². The van der Waals surface area contributed by atoms with E-state index in [1.807, 2.05) is 91.0 Å². The van der Waals surface area contributed by atoms with Crippen LogP contribution in [0.5, 0.6) is 0 Å². The van der Waals surface area contributed by atoms with Gasteiger partial charge in [-0.1, -0.05) is 91.0 Å². The smallest absolute Gasteiger partial charge is 0.197 e. The molecule has 0 unspecified atom stereocenters. The number of fused-ring (bicyclic) bond motifs is 6. The van der Waals surface area contributed by atoms with Gasteiger partial charge in [-0.25, -0.2) is 4.85 Å². The molecule has 2 heterocycles. The van der Waals surface area contributed by atoms with Crippen molar-refractivity contribution in [1.82, 2.24) is 9.13 Å². The lowest BCUT2D eigenvalue weighted by molar-refractivity contribution is 1.17. The van der Waals surface area contributed by atoms with Gasteiger partial charge in [-0.3, -0.25) is 0 Å². The Morgan fingerprint density at radius 1 is 0.460 bits per heavy atom. The van der Waals surface area contributed by atoms with E-state index in [4.69, 9.17) is 6.57 Å². The van der Waals surface area contributed by atoms with Crippen LogP contribution in [0.1, 0.15) is 11.1 Å². The largest absolute Gasteiger partial charge is 0.309 e. The van der Waals surface area contributed by atoms with Crippen LogP contribution in [-0.4, -0.2) is 9.13 Å². The first-order chi connectivity index (χ1) is 24.7. The van der Waals surface area contributed by atoms with E-state index < -0.39 is 0 Å². The van der Waals surface area contributed by atoms with E-state index >= 15 is 0 Å². The van der Waals surface area contributed by atoms with Gasteiger partial charge in [0.2, 0.25) is 0 Å². The molecule has 0 fully saturated rings. The first-order valence-electron chi connectivity index (χ1n) is 16.3. The normalized spacial score (nSPS) is 11.1. The van der Waals surface area contributed by atoms with Gasteiger partial charge in [-0.05, 0) is 77.4 Å². The minimum absolute atomic E-state index is 0.474. The van der Waals surface area contributed by atoms with E-state index in [1.54, 1.807) is 0 Å². The molecule has 0 N–H and O–H groups in total. The van der Waals surface area contributed by atoms with Gasteiger partial charge < -0.3 is 9.13 Å². The number of aromatic nitrogens is 2. The highest BCUT2D eigenvalue weighted by molar-refractivity contribution is 6.11. The Kier molecular flexibility index (Phi) is 6.56. The van der Waals surface area contributed by atoms with Gasteiger partial charge in [0.05, 0.1) is 57.2 Å². The molecule has 0 bridgehead atoms. The summed E-state index contributed by atoms with van der Waals surface area (Å²) in [7, 11) is 0. The van der Waals surface area contributed by atoms with Gasteiger partial charge in [-0.15, -0.1) is 0 Å². The maximum absolute atomic E-state index is 10.5. The molecular formula is C45H25N5. The Bertz CT molecular complexity index is 2920. The highest BCUT2D eigenvalue weighted by atomic mass is 15.0. The number of nitrogens with zero attached hydrogens (tertiary/aromatic N) is 5. The van der Waals surface area contributed by atoms with Crippen molar-refractivity contribution in [3.63, 3.8) is 0 Å². The Labute approximate surface area is 288 Å². The van der Waals surface area contributed by atoms with Crippen LogP contribution in [0, 0.1) is 29.2 Å². The predicted octanol–water partition coefficient (Wildman–Crippen LogP) is 11.5. The van der Waals surface area contributed by atoms with E-state index in [0.717, 1.165) is 66.0 Å². The van der Waals surface area contributed by atoms with Gasteiger partial charge in [-0.2, -0.15) is 10.5 Å². The summed E-state index contributed by atoms with van der Waals surface area (Å²) in [5, 5.41) is 24.4. The minimum atomic E-state index is 0.474. The van der Waals surface area contributed by atoms with Crippen LogP contribution in [0.2, 0.25) is 0 Å². The molecule has 0 amide bonds. The Hall–Kier alpha value is -7.39. The van der Waals surface area contributed by atoms with E-state index in [1.165, 1.54) is 0 Å². The molecule has 2 aromatic heterocycles. The van der Waals surface area contributed by atoms with Crippen molar-refractivity contribution in [2.45, 2.75) is 0 Å². The lowest BCUT2D eigenvalue weighted by Gasteiger charge is -2.16. The Morgan fingerprint density at radius 3 is 1.66 bits per heavy atom. The zero-order valence-electron chi connectivity index (χ0n) is 26.7. The second-order valence-corrected chi connectivity index (χ2v) is 12.3. The van der Waals surface area contributed by atoms with Crippen molar-refractivity contribution in [3.05, 3.63) is 174 Å². The number of rotatable bonds is 4. The summed E-state index contributed by atoms with van der Waals surface area (Å²) in [4.78, 5) is 4.00. The average molecular weight is 636 g/mol. The van der Waals surface area contributed by atoms with Crippen LogP contribution in [0.25, 0.3) is 82.1 Å². The van der Waals surface area contributed by atoms with Crippen LogP contribution in [0.3, 0.4) is 0 Å². The first-order valence-corrected chi connectivity index (χ1v) is 16.3. The molecule has 5 heteroatoms. The lowest BCUT2D eigenvalue weighted by atomic mass is 9.95. The van der Waals surface area contributed by atoms with Crippen molar-refractivity contribution in [2.24, 2.45) is 0 Å². The van der Waals surface area contributed by atoms with Gasteiger partial charge in [0.1, 0.15) is 6.07 Å². The van der Waals surface area contributed by atoms with E-state index in [0.29, 0.717) is 28.1 Å². The van der Waals surface area contributed by atoms with Crippen molar-refractivity contribution in [3.8, 4) is 45.8 Å². The number of nitriles is 2. The van der Waals surface area contributed by atoms with Crippen molar-refractivity contribution in [2.75, 3.05) is 0 Å². The molecule has 5 nitrogen and oxygen atoms in total. The lowest BCUT2D eigenvalue weighted by Crippen LogP contribution is -1.99. The summed E-state index contributed by atoms with van der Waals surface area (Å²) in [6.07, 6.45) is 0. The number of benzene rings is 7. The summed E-state index contributed by atoms with van der Waals surface area (Å²) in [5.41, 5.74) is 10.9. The molecule has 0 saturated carbocycles. The molecule has 0 aliphatic rings. The molecule has 50 heavy (non-hydrogen) atoms. The maximum Gasteiger partial charge on any atom is 0.197 e. The van der Waals surface area contributed by atoms with Crippen LogP contribution >= 0.6 is 0 Å². The molecule has 0 saturated heterocycles. The molecule has 0 aliphatic heterocycles. The van der Waals surface area contributed by atoms with Crippen LogP contribution in [0.15, 0.2) is 152 Å². The van der Waals surface area contributed by atoms with Crippen LogP contribution < -0.4 is 0 Å². The highest BCUT2D eigenvalue weighted by Gasteiger charge is 2.20. The number of para-hydroxylation sites is 4. The number of hydrogen-bond acceptors (Lipinski definition) is 2. The summed E-state index contributed by atoms with van der Waals surface area (Å²) < 4.78 is 4.35. The molecule has 0 atom stereocenters. The van der Waals surface area contributed by atoms with Crippen molar-refractivity contribution >= 4 is 49.3 Å². The third-order valence-corrected chi connectivity index (χ3v) is 9.61. The molecule has 230 valence electrons. The fraction of sp³-hybridized carbons (Fsp3) is 0. The Morgan fingerprint density at radius 2 is 1.02 bits per heavy atom. The molecule has 0 aliphatic carbocycles. The summed E-state index contributed by atoms with van der Waals surface area (Å²) in [6, 6.07) is 55.4. The third kappa shape index (κ3) is 4.31. The monoisotopic (exact) mass is 635 g/mol. The molecule has 9 rings (SSSR count). The highest BCUT2D eigenvalue weighted by Crippen LogP contribution is 2.41. The van der Waals surface area contributed by atoms with E-state index in [-0.39, 0.29) is 0 Å². The fourth-order valence-corrected chi connectivity index (χ4v) is 7.43. The second-order valence-electron chi connectivity index (χ2n) is 12.3. The summed E-state index contributed by atoms with van der Waals surface area (Å²) in [5.74, 6) is 0. The minimum Gasteiger partial charge on any atom is -0.309 e. The molecule has 7 aromatic carbocycles. The zero-order chi connectivity index (χ0) is 33.8. The number of hydrogen-bond donors (Lipinski definition) is 0. The van der Waals surface area contributed by atoms with Gasteiger partial charge in [0.15, 0.2) is 5.69 Å². The predicted molar refractivity (Wildman–Crippen MR) is 202 cm³/mol. The topological polar surface area (TPSA) is 61.8 Å². The maximum atomic E-state index is 10.5. The summed E-state index contributed by atoms with van der Waals surface area (Å²) in [6.45, 7) is 8.25. The van der Waals surface area contributed by atoms with Gasteiger partial charge in [0, 0.05) is 27.1 Å². The average Bonchev–Trinajstić information content (AvgIpc) is 3.70. The molecular weight excluding hydrogens is 611 g/mol. The standard InChI is InChI=1S/C45H25N5/c1-48-39-26-45(50-41-18-7-3-14-34(41)35-15-4-8-19-42(35)50)32(28-47)25-37(39)31-12-10-11-30(24-31)33-13-2-6-17-40(33)49-43-20-9-5-16-36(43)38-23-29(27-46)21-22-44(38)49/h2-26H. The molecule has 9 aromatic rings. The van der Waals surface area contributed by atoms with E-state index in [9.17, 15) is 10.5 Å². The quantitative estimate of drug-likeness (QED) is 0.181. The van der Waals surface area contributed by atoms with Crippen LogP contribution in [0.4, 0.5) is 5.69 Å². The molecule has 0 radical (unpaired) electrons. The zero-order valence-corrected chi connectivity index (χ0v) is 26.7. The Balaban J connectivity index is 1.23. The molecule has 0 spiro atoms. The second kappa shape index (κ2) is 11.4. The van der Waals surface area contributed by atoms with Crippen molar-refractivity contribution in [1.29, 1.82) is 10.5 Å². The van der Waals surface area contributed by atoms with Crippen LogP contribution in [-0.2, 0) is 0 Å². The fourth-order valence-electron chi connectivity index (χ4n) is 7.43.